The van der Waals surface area contributed by atoms with Crippen LogP contribution in [-0.2, 0) is 0 Å². The van der Waals surface area contributed by atoms with Gasteiger partial charge in [-0.15, -0.1) is 0 Å². The van der Waals surface area contributed by atoms with E-state index in [-0.39, 0.29) is 0 Å². The van der Waals surface area contributed by atoms with Gasteiger partial charge in [0.25, 0.3) is 0 Å². The second-order valence-corrected chi connectivity index (χ2v) is 6.31. The molecule has 0 unspecified atom stereocenters. The van der Waals surface area contributed by atoms with E-state index in [0.717, 1.165) is 35.8 Å². The third-order valence-corrected chi connectivity index (χ3v) is 4.36. The first-order valence-electron chi connectivity index (χ1n) is 7.59. The molecule has 0 aromatic heterocycles. The number of nitrogens with one attached hydrogen (secondary N) is 1. The van der Waals surface area contributed by atoms with Crippen LogP contribution in [0, 0.1) is 5.92 Å². The lowest BCUT2D eigenvalue weighted by Gasteiger charge is -2.31. The molecular formula is C16H25BrN2O. The SMILES string of the molecule is CCNCC1CCN(CCOc2cccc(Br)c2)CC1. The van der Waals surface area contributed by atoms with Crippen LogP contribution in [0.2, 0.25) is 0 Å². The van der Waals surface area contributed by atoms with Crippen LogP contribution in [0.15, 0.2) is 28.7 Å². The molecule has 1 heterocycles. The Morgan fingerprint density at radius 1 is 1.35 bits per heavy atom. The Bertz CT molecular complexity index is 392. The van der Waals surface area contributed by atoms with E-state index in [2.05, 4.69) is 33.1 Å². The summed E-state index contributed by atoms with van der Waals surface area (Å²) in [6.07, 6.45) is 2.62. The van der Waals surface area contributed by atoms with Crippen molar-refractivity contribution in [1.29, 1.82) is 0 Å². The van der Waals surface area contributed by atoms with Gasteiger partial charge in [0.1, 0.15) is 12.4 Å². The van der Waals surface area contributed by atoms with E-state index < -0.39 is 0 Å². The van der Waals surface area contributed by atoms with Gasteiger partial charge in [0.05, 0.1) is 0 Å². The molecule has 20 heavy (non-hydrogen) atoms. The molecule has 1 aromatic rings. The molecule has 0 atom stereocenters. The minimum absolute atomic E-state index is 0.772. The van der Waals surface area contributed by atoms with E-state index in [1.165, 1.54) is 32.5 Å². The lowest BCUT2D eigenvalue weighted by atomic mass is 9.97. The number of hydrogen-bond acceptors (Lipinski definition) is 3. The molecule has 1 N–H and O–H groups in total. The van der Waals surface area contributed by atoms with Crippen molar-refractivity contribution in [3.05, 3.63) is 28.7 Å². The Labute approximate surface area is 130 Å². The minimum Gasteiger partial charge on any atom is -0.492 e. The molecule has 0 saturated carbocycles. The van der Waals surface area contributed by atoms with Gasteiger partial charge in [0.15, 0.2) is 0 Å². The van der Waals surface area contributed by atoms with Crippen LogP contribution in [0.4, 0.5) is 0 Å². The van der Waals surface area contributed by atoms with Crippen LogP contribution in [-0.4, -0.2) is 44.2 Å². The summed E-state index contributed by atoms with van der Waals surface area (Å²) < 4.78 is 6.87. The second-order valence-electron chi connectivity index (χ2n) is 5.40. The Morgan fingerprint density at radius 3 is 2.85 bits per heavy atom. The Balaban J connectivity index is 1.61. The number of piperidine rings is 1. The third kappa shape index (κ3) is 5.43. The van der Waals surface area contributed by atoms with Crippen molar-refractivity contribution in [2.24, 2.45) is 5.92 Å². The fourth-order valence-electron chi connectivity index (χ4n) is 2.61. The first kappa shape index (κ1) is 15.8. The lowest BCUT2D eigenvalue weighted by molar-refractivity contribution is 0.154. The van der Waals surface area contributed by atoms with Crippen LogP contribution < -0.4 is 10.1 Å². The fraction of sp³-hybridized carbons (Fsp3) is 0.625. The van der Waals surface area contributed by atoms with Crippen LogP contribution in [0.3, 0.4) is 0 Å². The monoisotopic (exact) mass is 340 g/mol. The summed E-state index contributed by atoms with van der Waals surface area (Å²) in [4.78, 5) is 2.51. The third-order valence-electron chi connectivity index (χ3n) is 3.86. The summed E-state index contributed by atoms with van der Waals surface area (Å²) in [6.45, 7) is 8.65. The summed E-state index contributed by atoms with van der Waals surface area (Å²) in [5, 5.41) is 3.46. The molecule has 3 nitrogen and oxygen atoms in total. The predicted molar refractivity (Wildman–Crippen MR) is 87.3 cm³/mol. The molecule has 1 aromatic carbocycles. The standard InChI is InChI=1S/C16H25BrN2O/c1-2-18-13-14-6-8-19(9-7-14)10-11-20-16-5-3-4-15(17)12-16/h3-5,12,14,18H,2,6-11,13H2,1H3. The molecule has 1 fully saturated rings. The highest BCUT2D eigenvalue weighted by atomic mass is 79.9. The number of halogens is 1. The van der Waals surface area contributed by atoms with Gasteiger partial charge in [-0.25, -0.2) is 0 Å². The van der Waals surface area contributed by atoms with Gasteiger partial charge in [-0.3, -0.25) is 4.90 Å². The Hall–Kier alpha value is -0.580. The van der Waals surface area contributed by atoms with E-state index in [0.29, 0.717) is 0 Å². The molecule has 0 aliphatic carbocycles. The highest BCUT2D eigenvalue weighted by Crippen LogP contribution is 2.18. The molecule has 0 spiro atoms. The van der Waals surface area contributed by atoms with Crippen LogP contribution in [0.25, 0.3) is 0 Å². The smallest absolute Gasteiger partial charge is 0.120 e. The summed E-state index contributed by atoms with van der Waals surface area (Å²) >= 11 is 3.46. The largest absolute Gasteiger partial charge is 0.492 e. The maximum absolute atomic E-state index is 5.80. The van der Waals surface area contributed by atoms with Crippen molar-refractivity contribution < 1.29 is 4.74 Å². The van der Waals surface area contributed by atoms with Gasteiger partial charge in [-0.1, -0.05) is 28.9 Å². The van der Waals surface area contributed by atoms with Crippen molar-refractivity contribution in [1.82, 2.24) is 10.2 Å². The van der Waals surface area contributed by atoms with E-state index in [9.17, 15) is 0 Å². The van der Waals surface area contributed by atoms with Gasteiger partial charge in [0, 0.05) is 11.0 Å². The first-order valence-corrected chi connectivity index (χ1v) is 8.38. The predicted octanol–water partition coefficient (Wildman–Crippen LogP) is 3.15. The summed E-state index contributed by atoms with van der Waals surface area (Å²) in [7, 11) is 0. The minimum atomic E-state index is 0.772. The first-order chi connectivity index (χ1) is 9.78. The highest BCUT2D eigenvalue weighted by molar-refractivity contribution is 9.10. The topological polar surface area (TPSA) is 24.5 Å². The van der Waals surface area contributed by atoms with Gasteiger partial charge in [0.2, 0.25) is 0 Å². The maximum Gasteiger partial charge on any atom is 0.120 e. The van der Waals surface area contributed by atoms with Gasteiger partial charge < -0.3 is 10.1 Å². The molecule has 1 aliphatic rings. The Morgan fingerprint density at radius 2 is 2.15 bits per heavy atom. The second kappa shape index (κ2) is 8.65. The molecule has 0 bridgehead atoms. The van der Waals surface area contributed by atoms with Gasteiger partial charge >= 0.3 is 0 Å². The van der Waals surface area contributed by atoms with Crippen molar-refractivity contribution in [3.8, 4) is 5.75 Å². The molecule has 1 aliphatic heterocycles. The number of hydrogen-bond donors (Lipinski definition) is 1. The number of nitrogens with zero attached hydrogens (tertiary/aromatic N) is 1. The normalized spacial score (nSPS) is 17.3. The zero-order valence-electron chi connectivity index (χ0n) is 12.3. The van der Waals surface area contributed by atoms with Gasteiger partial charge in [-0.05, 0) is 63.1 Å². The van der Waals surface area contributed by atoms with Crippen molar-refractivity contribution in [2.45, 2.75) is 19.8 Å². The summed E-state index contributed by atoms with van der Waals surface area (Å²) in [5.41, 5.74) is 0. The van der Waals surface area contributed by atoms with E-state index in [4.69, 9.17) is 4.74 Å². The maximum atomic E-state index is 5.80. The van der Waals surface area contributed by atoms with Crippen LogP contribution in [0.5, 0.6) is 5.75 Å². The van der Waals surface area contributed by atoms with E-state index in [1.54, 1.807) is 0 Å². The molecule has 1 saturated heterocycles. The van der Waals surface area contributed by atoms with Crippen molar-refractivity contribution in [2.75, 3.05) is 39.3 Å². The Kier molecular flexibility index (Phi) is 6.83. The molecule has 4 heteroatoms. The van der Waals surface area contributed by atoms with Crippen LogP contribution >= 0.6 is 15.9 Å². The average Bonchev–Trinajstić information content (AvgIpc) is 2.46. The van der Waals surface area contributed by atoms with Crippen molar-refractivity contribution >= 4 is 15.9 Å². The number of likely N-dealkylation sites (tertiary alicyclic amines) is 1. The number of rotatable bonds is 7. The lowest BCUT2D eigenvalue weighted by Crippen LogP contribution is -2.39. The van der Waals surface area contributed by atoms with E-state index >= 15 is 0 Å². The average molecular weight is 341 g/mol. The number of benzene rings is 1. The molecule has 112 valence electrons. The zero-order valence-corrected chi connectivity index (χ0v) is 13.9. The highest BCUT2D eigenvalue weighted by Gasteiger charge is 2.18. The summed E-state index contributed by atoms with van der Waals surface area (Å²) in [5.74, 6) is 1.80. The van der Waals surface area contributed by atoms with Crippen molar-refractivity contribution in [3.63, 3.8) is 0 Å². The fourth-order valence-corrected chi connectivity index (χ4v) is 2.99. The number of ether oxygens (including phenoxy) is 1. The van der Waals surface area contributed by atoms with Crippen LogP contribution in [0.1, 0.15) is 19.8 Å². The molecule has 2 rings (SSSR count). The molecule has 0 amide bonds. The zero-order chi connectivity index (χ0) is 14.2. The quantitative estimate of drug-likeness (QED) is 0.825. The van der Waals surface area contributed by atoms with Gasteiger partial charge in [-0.2, -0.15) is 0 Å². The summed E-state index contributed by atoms with van der Waals surface area (Å²) in [6, 6.07) is 8.05. The molecular weight excluding hydrogens is 316 g/mol. The molecule has 0 radical (unpaired) electrons. The van der Waals surface area contributed by atoms with E-state index in [1.807, 2.05) is 24.3 Å².